The average Bonchev–Trinajstić information content (AvgIpc) is 2.09. The summed E-state index contributed by atoms with van der Waals surface area (Å²) in [6.45, 7) is 2.07. The van der Waals surface area contributed by atoms with Gasteiger partial charge in [0.25, 0.3) is 0 Å². The quantitative estimate of drug-likeness (QED) is 0.660. The lowest BCUT2D eigenvalue weighted by Gasteiger charge is -2.28. The van der Waals surface area contributed by atoms with Gasteiger partial charge in [0.15, 0.2) is 0 Å². The Hall–Kier alpha value is -0.640. The second-order valence-electron chi connectivity index (χ2n) is 3.43. The molecule has 0 aromatic carbocycles. The first-order chi connectivity index (χ1) is 6.15. The molecule has 13 heavy (non-hydrogen) atoms. The van der Waals surface area contributed by atoms with Crippen molar-refractivity contribution in [2.24, 2.45) is 11.7 Å². The van der Waals surface area contributed by atoms with Gasteiger partial charge in [-0.25, -0.2) is 4.39 Å². The second kappa shape index (κ2) is 4.56. The molecule has 4 heteroatoms. The molecule has 0 bridgehead atoms. The van der Waals surface area contributed by atoms with E-state index >= 15 is 0 Å². The van der Waals surface area contributed by atoms with Gasteiger partial charge in [-0.3, -0.25) is 4.79 Å². The number of carbonyl (C=O) groups is 1. The minimum atomic E-state index is -0.894. The maximum atomic E-state index is 12.9. The van der Waals surface area contributed by atoms with Gasteiger partial charge in [-0.05, 0) is 26.2 Å². The molecule has 3 nitrogen and oxygen atoms in total. The average molecular weight is 189 g/mol. The fourth-order valence-electron chi connectivity index (χ4n) is 1.66. The molecule has 3 atom stereocenters. The van der Waals surface area contributed by atoms with Crippen molar-refractivity contribution in [1.29, 1.82) is 0 Å². The number of hydrogen-bond acceptors (Lipinski definition) is 3. The fourth-order valence-corrected chi connectivity index (χ4v) is 1.66. The molecule has 0 heterocycles. The number of carbonyl (C=O) groups excluding carboxylic acids is 1. The lowest BCUT2D eigenvalue weighted by Crippen LogP contribution is -2.42. The highest BCUT2D eigenvalue weighted by atomic mass is 19.1. The molecule has 3 unspecified atom stereocenters. The maximum Gasteiger partial charge on any atom is 0.310 e. The number of esters is 1. The molecule has 76 valence electrons. The summed E-state index contributed by atoms with van der Waals surface area (Å²) in [5.41, 5.74) is 5.70. The number of nitrogens with two attached hydrogens (primary N) is 1. The third kappa shape index (κ3) is 2.66. The van der Waals surface area contributed by atoms with Gasteiger partial charge in [0.1, 0.15) is 6.17 Å². The van der Waals surface area contributed by atoms with Gasteiger partial charge in [-0.2, -0.15) is 0 Å². The Morgan fingerprint density at radius 3 is 2.92 bits per heavy atom. The third-order valence-corrected chi connectivity index (χ3v) is 2.43. The van der Waals surface area contributed by atoms with E-state index in [1.165, 1.54) is 0 Å². The predicted molar refractivity (Wildman–Crippen MR) is 46.8 cm³/mol. The summed E-state index contributed by atoms with van der Waals surface area (Å²) >= 11 is 0. The molecular formula is C9H16FNO2. The predicted octanol–water partition coefficient (Wildman–Crippen LogP) is 1.02. The zero-order chi connectivity index (χ0) is 9.84. The molecule has 0 radical (unpaired) electrons. The van der Waals surface area contributed by atoms with Crippen LogP contribution in [-0.2, 0) is 9.53 Å². The fraction of sp³-hybridized carbons (Fsp3) is 0.889. The Balaban J connectivity index is 2.50. The van der Waals surface area contributed by atoms with E-state index in [-0.39, 0.29) is 18.4 Å². The summed E-state index contributed by atoms with van der Waals surface area (Å²) in [5, 5.41) is 0. The van der Waals surface area contributed by atoms with Gasteiger partial charge in [0.05, 0.1) is 12.5 Å². The van der Waals surface area contributed by atoms with Gasteiger partial charge < -0.3 is 10.5 Å². The summed E-state index contributed by atoms with van der Waals surface area (Å²) < 4.78 is 17.8. The molecule has 1 saturated carbocycles. The van der Waals surface area contributed by atoms with E-state index in [1.807, 2.05) is 0 Å². The van der Waals surface area contributed by atoms with Crippen molar-refractivity contribution in [1.82, 2.24) is 0 Å². The van der Waals surface area contributed by atoms with Crippen LogP contribution in [0.4, 0.5) is 4.39 Å². The Bertz CT molecular complexity index is 186. The summed E-state index contributed by atoms with van der Waals surface area (Å²) in [6, 6.07) is -0.231. The third-order valence-electron chi connectivity index (χ3n) is 2.43. The van der Waals surface area contributed by atoms with E-state index < -0.39 is 12.1 Å². The van der Waals surface area contributed by atoms with E-state index in [1.54, 1.807) is 6.92 Å². The Morgan fingerprint density at radius 1 is 1.62 bits per heavy atom. The minimum absolute atomic E-state index is 0.222. The lowest BCUT2D eigenvalue weighted by atomic mass is 9.84. The normalized spacial score (nSPS) is 34.2. The van der Waals surface area contributed by atoms with Crippen molar-refractivity contribution >= 4 is 5.97 Å². The summed E-state index contributed by atoms with van der Waals surface area (Å²) in [7, 11) is 0. The van der Waals surface area contributed by atoms with Crippen LogP contribution >= 0.6 is 0 Å². The first kappa shape index (κ1) is 10.4. The number of alkyl halides is 1. The Kier molecular flexibility index (Phi) is 3.66. The number of rotatable bonds is 2. The smallest absolute Gasteiger partial charge is 0.310 e. The van der Waals surface area contributed by atoms with Crippen LogP contribution in [0, 0.1) is 5.92 Å². The lowest BCUT2D eigenvalue weighted by molar-refractivity contribution is -0.150. The molecule has 0 aromatic rings. The van der Waals surface area contributed by atoms with Crippen LogP contribution in [-0.4, -0.2) is 24.8 Å². The molecule has 0 aromatic heterocycles. The number of halogens is 1. The van der Waals surface area contributed by atoms with Gasteiger partial charge >= 0.3 is 5.97 Å². The number of ether oxygens (including phenoxy) is 1. The molecule has 0 spiro atoms. The summed E-state index contributed by atoms with van der Waals surface area (Å²) in [4.78, 5) is 11.3. The van der Waals surface area contributed by atoms with Crippen molar-refractivity contribution < 1.29 is 13.9 Å². The van der Waals surface area contributed by atoms with Crippen LogP contribution in [0.5, 0.6) is 0 Å². The van der Waals surface area contributed by atoms with Crippen LogP contribution in [0.2, 0.25) is 0 Å². The van der Waals surface area contributed by atoms with Crippen molar-refractivity contribution in [3.63, 3.8) is 0 Å². The van der Waals surface area contributed by atoms with Crippen LogP contribution < -0.4 is 5.73 Å². The standard InChI is InChI=1S/C9H16FNO2/c1-2-13-9(12)7-5-6(10)3-4-8(7)11/h6-8H,2-5,11H2,1H3. The zero-order valence-electron chi connectivity index (χ0n) is 7.83. The van der Waals surface area contributed by atoms with Gasteiger partial charge in [0, 0.05) is 6.04 Å². The molecular weight excluding hydrogens is 173 g/mol. The molecule has 0 amide bonds. The second-order valence-corrected chi connectivity index (χ2v) is 3.43. The highest BCUT2D eigenvalue weighted by Gasteiger charge is 2.34. The molecule has 0 saturated heterocycles. The largest absolute Gasteiger partial charge is 0.466 e. The summed E-state index contributed by atoms with van der Waals surface area (Å²) in [6.07, 6.45) is 0.371. The summed E-state index contributed by atoms with van der Waals surface area (Å²) in [5.74, 6) is -0.791. The molecule has 2 N–H and O–H groups in total. The number of hydrogen-bond donors (Lipinski definition) is 1. The van der Waals surface area contributed by atoms with E-state index in [9.17, 15) is 9.18 Å². The van der Waals surface area contributed by atoms with E-state index in [0.717, 1.165) is 0 Å². The topological polar surface area (TPSA) is 52.3 Å². The molecule has 1 fully saturated rings. The van der Waals surface area contributed by atoms with Gasteiger partial charge in [0.2, 0.25) is 0 Å². The van der Waals surface area contributed by atoms with E-state index in [0.29, 0.717) is 19.4 Å². The highest BCUT2D eigenvalue weighted by molar-refractivity contribution is 5.73. The van der Waals surface area contributed by atoms with Gasteiger partial charge in [-0.1, -0.05) is 0 Å². The maximum absolute atomic E-state index is 12.9. The van der Waals surface area contributed by atoms with Crippen molar-refractivity contribution in [2.45, 2.75) is 38.4 Å². The Morgan fingerprint density at radius 2 is 2.31 bits per heavy atom. The molecule has 0 aliphatic heterocycles. The van der Waals surface area contributed by atoms with Crippen molar-refractivity contribution in [3.05, 3.63) is 0 Å². The zero-order valence-corrected chi connectivity index (χ0v) is 7.83. The monoisotopic (exact) mass is 189 g/mol. The minimum Gasteiger partial charge on any atom is -0.466 e. The van der Waals surface area contributed by atoms with Crippen molar-refractivity contribution in [3.8, 4) is 0 Å². The van der Waals surface area contributed by atoms with Gasteiger partial charge in [-0.15, -0.1) is 0 Å². The first-order valence-electron chi connectivity index (χ1n) is 4.71. The van der Waals surface area contributed by atoms with Crippen molar-refractivity contribution in [2.75, 3.05) is 6.61 Å². The first-order valence-corrected chi connectivity index (χ1v) is 4.71. The van der Waals surface area contributed by atoms with Crippen LogP contribution in [0.3, 0.4) is 0 Å². The van der Waals surface area contributed by atoms with Crippen LogP contribution in [0.25, 0.3) is 0 Å². The SMILES string of the molecule is CCOC(=O)C1CC(F)CCC1N. The van der Waals surface area contributed by atoms with Crippen LogP contribution in [0.1, 0.15) is 26.2 Å². The van der Waals surface area contributed by atoms with Crippen LogP contribution in [0.15, 0.2) is 0 Å². The highest BCUT2D eigenvalue weighted by Crippen LogP contribution is 2.26. The Labute approximate surface area is 77.4 Å². The molecule has 1 rings (SSSR count). The molecule has 1 aliphatic carbocycles. The van der Waals surface area contributed by atoms with E-state index in [4.69, 9.17) is 10.5 Å². The van der Waals surface area contributed by atoms with E-state index in [2.05, 4.69) is 0 Å². The molecule has 1 aliphatic rings.